The first kappa shape index (κ1) is 36.5. The summed E-state index contributed by atoms with van der Waals surface area (Å²) in [5.41, 5.74) is 17.5. The van der Waals surface area contributed by atoms with Crippen molar-refractivity contribution in [2.45, 2.75) is 0 Å². The van der Waals surface area contributed by atoms with Crippen LogP contribution in [0.25, 0.3) is 125 Å². The van der Waals surface area contributed by atoms with Gasteiger partial charge in [0, 0.05) is 15.5 Å². The van der Waals surface area contributed by atoms with Crippen molar-refractivity contribution >= 4 is 69.7 Å². The molecule has 3 heteroatoms. The number of pyridine rings is 1. The monoisotopic (exact) mass is 830 g/mol. The van der Waals surface area contributed by atoms with E-state index in [0.717, 1.165) is 27.9 Å². The SMILES string of the molecule is c1ccc(-c2cc(-c3ccccc3)cc(-c3ccc(-c4ccc(-c5ccc(-c6cc7c(sc8ccc9ccccc9c87)c7nc8ccccc8n67)cc5)c5ccccc45)cc3)c2)cc1. The van der Waals surface area contributed by atoms with Crippen LogP contribution < -0.4 is 0 Å². The Labute approximate surface area is 374 Å². The number of hydrogen-bond acceptors (Lipinski definition) is 2. The van der Waals surface area contributed by atoms with Gasteiger partial charge in [0.2, 0.25) is 0 Å². The number of para-hydroxylation sites is 2. The first-order chi connectivity index (χ1) is 31.7. The van der Waals surface area contributed by atoms with Crippen molar-refractivity contribution in [1.82, 2.24) is 9.38 Å². The summed E-state index contributed by atoms with van der Waals surface area (Å²) in [7, 11) is 0. The van der Waals surface area contributed by atoms with Crippen molar-refractivity contribution in [3.63, 3.8) is 0 Å². The minimum absolute atomic E-state index is 1.01. The van der Waals surface area contributed by atoms with Crippen molar-refractivity contribution in [2.24, 2.45) is 0 Å². The zero-order chi connectivity index (χ0) is 42.1. The van der Waals surface area contributed by atoms with Crippen LogP contribution in [0, 0.1) is 0 Å². The first-order valence-electron chi connectivity index (χ1n) is 21.9. The third-order valence-electron chi connectivity index (χ3n) is 13.0. The summed E-state index contributed by atoms with van der Waals surface area (Å²) < 4.78 is 4.87. The van der Waals surface area contributed by atoms with Gasteiger partial charge in [-0.25, -0.2) is 4.98 Å². The number of aromatic nitrogens is 2. The third kappa shape index (κ3) is 5.97. The molecule has 0 unspecified atom stereocenters. The summed E-state index contributed by atoms with van der Waals surface area (Å²) in [6.45, 7) is 0. The van der Waals surface area contributed by atoms with E-state index in [9.17, 15) is 0 Å². The smallest absolute Gasteiger partial charge is 0.156 e. The number of imidazole rings is 1. The second-order valence-corrected chi connectivity index (χ2v) is 17.7. The normalized spacial score (nSPS) is 11.8. The van der Waals surface area contributed by atoms with Gasteiger partial charge in [-0.3, -0.25) is 4.40 Å². The van der Waals surface area contributed by atoms with Crippen LogP contribution in [0.4, 0.5) is 0 Å². The van der Waals surface area contributed by atoms with Gasteiger partial charge in [0.1, 0.15) is 0 Å². The van der Waals surface area contributed by atoms with E-state index in [1.807, 2.05) is 11.3 Å². The van der Waals surface area contributed by atoms with Gasteiger partial charge < -0.3 is 0 Å². The van der Waals surface area contributed by atoms with Crippen molar-refractivity contribution in [1.29, 1.82) is 0 Å². The molecule has 64 heavy (non-hydrogen) atoms. The highest BCUT2D eigenvalue weighted by atomic mass is 32.1. The third-order valence-corrected chi connectivity index (χ3v) is 14.2. The molecule has 0 saturated heterocycles. The van der Waals surface area contributed by atoms with Crippen LogP contribution in [0.15, 0.2) is 231 Å². The highest BCUT2D eigenvalue weighted by Crippen LogP contribution is 2.44. The predicted octanol–water partition coefficient (Wildman–Crippen LogP) is 17.2. The largest absolute Gasteiger partial charge is 0.291 e. The van der Waals surface area contributed by atoms with E-state index in [0.29, 0.717) is 0 Å². The van der Waals surface area contributed by atoms with Gasteiger partial charge in [-0.05, 0) is 125 Å². The fraction of sp³-hybridized carbons (Fsp3) is 0. The van der Waals surface area contributed by atoms with E-state index < -0.39 is 0 Å². The Kier molecular flexibility index (Phi) is 8.43. The topological polar surface area (TPSA) is 17.3 Å². The van der Waals surface area contributed by atoms with Gasteiger partial charge in [0.15, 0.2) is 5.65 Å². The van der Waals surface area contributed by atoms with Crippen LogP contribution in [0.3, 0.4) is 0 Å². The molecule has 0 bridgehead atoms. The molecule has 0 atom stereocenters. The summed E-state index contributed by atoms with van der Waals surface area (Å²) >= 11 is 1.84. The molecular weight excluding hydrogens is 793 g/mol. The lowest BCUT2D eigenvalue weighted by Gasteiger charge is -2.14. The molecular formula is C61H38N2S. The number of nitrogens with zero attached hydrogens (tertiary/aromatic N) is 2. The molecule has 3 aromatic heterocycles. The maximum atomic E-state index is 5.26. The van der Waals surface area contributed by atoms with Crippen LogP contribution in [0.5, 0.6) is 0 Å². The number of fused-ring (bicyclic) bond motifs is 10. The second kappa shape index (κ2) is 14.8. The minimum atomic E-state index is 1.01. The van der Waals surface area contributed by atoms with Crippen LogP contribution in [-0.4, -0.2) is 9.38 Å². The van der Waals surface area contributed by atoms with Crippen molar-refractivity contribution in [3.05, 3.63) is 231 Å². The minimum Gasteiger partial charge on any atom is -0.291 e. The number of thiophene rings is 1. The molecule has 0 radical (unpaired) electrons. The summed E-state index contributed by atoms with van der Waals surface area (Å²) in [6.07, 6.45) is 0. The molecule has 298 valence electrons. The average molecular weight is 831 g/mol. The lowest BCUT2D eigenvalue weighted by molar-refractivity contribution is 1.25. The van der Waals surface area contributed by atoms with Crippen LogP contribution in [0.1, 0.15) is 0 Å². The van der Waals surface area contributed by atoms with Crippen molar-refractivity contribution in [3.8, 4) is 66.9 Å². The Hall–Kier alpha value is -8.11. The molecule has 13 rings (SSSR count). The van der Waals surface area contributed by atoms with Gasteiger partial charge in [-0.2, -0.15) is 0 Å². The molecule has 2 nitrogen and oxygen atoms in total. The summed E-state index contributed by atoms with van der Waals surface area (Å²) in [5.74, 6) is 0. The maximum absolute atomic E-state index is 5.26. The summed E-state index contributed by atoms with van der Waals surface area (Å²) in [5, 5.41) is 7.58. The van der Waals surface area contributed by atoms with Crippen molar-refractivity contribution < 1.29 is 0 Å². The molecule has 0 N–H and O–H groups in total. The highest BCUT2D eigenvalue weighted by molar-refractivity contribution is 7.26. The maximum Gasteiger partial charge on any atom is 0.156 e. The lowest BCUT2D eigenvalue weighted by atomic mass is 9.90. The number of hydrogen-bond donors (Lipinski definition) is 0. The molecule has 0 fully saturated rings. The Balaban J connectivity index is 0.888. The van der Waals surface area contributed by atoms with E-state index in [2.05, 4.69) is 235 Å². The molecule has 0 spiro atoms. The first-order valence-corrected chi connectivity index (χ1v) is 22.7. The van der Waals surface area contributed by atoms with Crippen molar-refractivity contribution in [2.75, 3.05) is 0 Å². The second-order valence-electron chi connectivity index (χ2n) is 16.7. The summed E-state index contributed by atoms with van der Waals surface area (Å²) in [6, 6.07) is 84.1. The molecule has 10 aromatic carbocycles. The van der Waals surface area contributed by atoms with Crippen LogP contribution in [-0.2, 0) is 0 Å². The Morgan fingerprint density at radius 3 is 1.47 bits per heavy atom. The molecule has 3 heterocycles. The van der Waals surface area contributed by atoms with Gasteiger partial charge in [-0.1, -0.05) is 188 Å². The molecule has 0 aliphatic carbocycles. The van der Waals surface area contributed by atoms with Crippen LogP contribution in [0.2, 0.25) is 0 Å². The average Bonchev–Trinajstić information content (AvgIpc) is 3.96. The Morgan fingerprint density at radius 1 is 0.344 bits per heavy atom. The lowest BCUT2D eigenvalue weighted by Crippen LogP contribution is -1.93. The Bertz CT molecular complexity index is 3860. The molecule has 0 amide bonds. The van der Waals surface area contributed by atoms with E-state index >= 15 is 0 Å². The quantitative estimate of drug-likeness (QED) is 0.163. The Morgan fingerprint density at radius 2 is 0.844 bits per heavy atom. The highest BCUT2D eigenvalue weighted by Gasteiger charge is 2.19. The fourth-order valence-corrected chi connectivity index (χ4v) is 11.1. The van der Waals surface area contributed by atoms with Crippen LogP contribution >= 0.6 is 11.3 Å². The van der Waals surface area contributed by atoms with Gasteiger partial charge >= 0.3 is 0 Å². The zero-order valence-electron chi connectivity index (χ0n) is 34.7. The standard InChI is InChI=1S/C61H38N2S/c1-3-13-39(14-4-1)46-35-47(40-15-5-2-6-16-40)37-48(36-46)41-23-25-43(26-24-41)49-32-33-50(53-20-10-9-19-52(49)53)44-27-29-45(30-28-44)57-38-54-59-51-18-8-7-17-42(51)31-34-58(59)64-60(54)61-62-55-21-11-12-22-56(55)63(57)61/h1-38H. The number of rotatable bonds is 6. The van der Waals surface area contributed by atoms with E-state index in [4.69, 9.17) is 4.98 Å². The molecule has 0 aliphatic rings. The van der Waals surface area contributed by atoms with Gasteiger partial charge in [0.05, 0.1) is 21.4 Å². The predicted molar refractivity (Wildman–Crippen MR) is 273 cm³/mol. The number of benzene rings is 10. The summed E-state index contributed by atoms with van der Waals surface area (Å²) in [4.78, 5) is 5.26. The zero-order valence-corrected chi connectivity index (χ0v) is 35.6. The molecule has 0 saturated carbocycles. The van der Waals surface area contributed by atoms with E-state index in [-0.39, 0.29) is 0 Å². The fourth-order valence-electron chi connectivity index (χ4n) is 9.89. The molecule has 0 aliphatic heterocycles. The van der Waals surface area contributed by atoms with Gasteiger partial charge in [-0.15, -0.1) is 11.3 Å². The molecule has 13 aromatic rings. The van der Waals surface area contributed by atoms with E-state index in [1.54, 1.807) is 0 Å². The van der Waals surface area contributed by atoms with Gasteiger partial charge in [0.25, 0.3) is 0 Å². The van der Waals surface area contributed by atoms with E-state index in [1.165, 1.54) is 97.4 Å².